The van der Waals surface area contributed by atoms with E-state index in [9.17, 15) is 29.4 Å². The lowest BCUT2D eigenvalue weighted by Crippen LogP contribution is -2.66. The molecule has 2 aliphatic rings. The minimum absolute atomic E-state index is 0. The Hall–Kier alpha value is -5.22. The Bertz CT molecular complexity index is 1980. The maximum atomic E-state index is 12.7. The summed E-state index contributed by atoms with van der Waals surface area (Å²) in [4.78, 5) is 57.6. The maximum Gasteiger partial charge on any atom is 0.242 e. The Morgan fingerprint density at radius 3 is 1.89 bits per heavy atom. The first kappa shape index (κ1) is 54.1. The number of aromatic hydroxyl groups is 2. The summed E-state index contributed by atoms with van der Waals surface area (Å²) in [5.74, 6) is 0.362. The van der Waals surface area contributed by atoms with Gasteiger partial charge in [-0.2, -0.15) is 0 Å². The van der Waals surface area contributed by atoms with E-state index in [1.807, 2.05) is 84.6 Å². The Morgan fingerprint density at radius 1 is 0.769 bits per heavy atom. The number of rotatable bonds is 20. The molecule has 0 saturated carbocycles. The summed E-state index contributed by atoms with van der Waals surface area (Å²) in [6.07, 6.45) is 3.86. The zero-order valence-electron chi connectivity index (χ0n) is 37.5. The van der Waals surface area contributed by atoms with Crippen LogP contribution < -0.4 is 10.6 Å². The van der Waals surface area contributed by atoms with E-state index >= 15 is 0 Å². The van der Waals surface area contributed by atoms with Crippen LogP contribution in [0.4, 0.5) is 0 Å². The lowest BCUT2D eigenvalue weighted by Gasteiger charge is -2.49. The van der Waals surface area contributed by atoms with Crippen molar-refractivity contribution in [2.24, 2.45) is 0 Å². The molecule has 2 heterocycles. The van der Waals surface area contributed by atoms with Gasteiger partial charge < -0.3 is 45.8 Å². The van der Waals surface area contributed by atoms with E-state index in [0.717, 1.165) is 62.0 Å². The molecule has 4 amide bonds. The summed E-state index contributed by atoms with van der Waals surface area (Å²) in [6.45, 7) is 7.19. The normalized spacial score (nSPS) is 15.0. The van der Waals surface area contributed by atoms with Gasteiger partial charge in [-0.05, 0) is 85.7 Å². The molecule has 4 aromatic rings. The van der Waals surface area contributed by atoms with E-state index in [-0.39, 0.29) is 71.3 Å². The van der Waals surface area contributed by atoms with E-state index in [0.29, 0.717) is 45.6 Å². The van der Waals surface area contributed by atoms with Crippen LogP contribution in [-0.2, 0) is 49.6 Å². The van der Waals surface area contributed by atoms with Gasteiger partial charge in [-0.3, -0.25) is 24.1 Å². The van der Waals surface area contributed by atoms with Gasteiger partial charge in [0.15, 0.2) is 0 Å². The van der Waals surface area contributed by atoms with Gasteiger partial charge in [-0.15, -0.1) is 23.2 Å². The molecular formula is C49H66Cl2N6O8. The van der Waals surface area contributed by atoms with Crippen molar-refractivity contribution < 1.29 is 39.6 Å². The molecule has 65 heavy (non-hydrogen) atoms. The molecule has 4 aromatic carbocycles. The van der Waals surface area contributed by atoms with Crippen LogP contribution in [0.1, 0.15) is 42.0 Å². The largest absolute Gasteiger partial charge is 0.508 e. The van der Waals surface area contributed by atoms with Crippen molar-refractivity contribution in [1.82, 2.24) is 30.2 Å². The van der Waals surface area contributed by atoms with Crippen molar-refractivity contribution in [3.8, 4) is 11.5 Å². The number of piperazine rings is 1. The molecule has 14 nitrogen and oxygen atoms in total. The van der Waals surface area contributed by atoms with Crippen molar-refractivity contribution in [2.75, 3.05) is 77.9 Å². The van der Waals surface area contributed by atoms with Gasteiger partial charge in [0.2, 0.25) is 23.6 Å². The highest BCUT2D eigenvalue weighted by atomic mass is 35.5. The molecule has 2 atom stereocenters. The highest BCUT2D eigenvalue weighted by Gasteiger charge is 2.40. The van der Waals surface area contributed by atoms with Crippen molar-refractivity contribution in [2.45, 2.75) is 57.7 Å². The minimum Gasteiger partial charge on any atom is -0.508 e. The molecule has 6 rings (SSSR count). The fourth-order valence-electron chi connectivity index (χ4n) is 7.38. The summed E-state index contributed by atoms with van der Waals surface area (Å²) in [5.41, 5.74) is 4.65. The second kappa shape index (κ2) is 30.1. The molecule has 0 radical (unpaired) electrons. The molecule has 2 fully saturated rings. The summed E-state index contributed by atoms with van der Waals surface area (Å²) < 4.78 is 5.32. The Kier molecular flexibility index (Phi) is 25.0. The van der Waals surface area contributed by atoms with E-state index in [1.165, 1.54) is 5.56 Å². The summed E-state index contributed by atoms with van der Waals surface area (Å²) in [5, 5.41) is 24.9. The predicted octanol–water partition coefficient (Wildman–Crippen LogP) is 4.61. The van der Waals surface area contributed by atoms with Crippen LogP contribution >= 0.6 is 23.2 Å². The van der Waals surface area contributed by atoms with Crippen molar-refractivity contribution in [3.63, 3.8) is 0 Å². The van der Waals surface area contributed by atoms with E-state index in [4.69, 9.17) is 27.9 Å². The minimum atomic E-state index is -0.154. The van der Waals surface area contributed by atoms with Gasteiger partial charge in [0.25, 0.3) is 0 Å². The number of phenols is 2. The molecule has 0 aromatic heterocycles. The second-order valence-corrected chi connectivity index (χ2v) is 16.5. The van der Waals surface area contributed by atoms with E-state index < -0.39 is 0 Å². The number of alkyl halides is 2. The van der Waals surface area contributed by atoms with Crippen molar-refractivity contribution in [3.05, 3.63) is 131 Å². The summed E-state index contributed by atoms with van der Waals surface area (Å²) >= 11 is 9.53. The Balaban J connectivity index is 0.000000322. The molecule has 6 N–H and O–H groups in total. The van der Waals surface area contributed by atoms with Crippen molar-refractivity contribution in [1.29, 1.82) is 0 Å². The number of benzene rings is 4. The van der Waals surface area contributed by atoms with Crippen LogP contribution in [-0.4, -0.2) is 149 Å². The monoisotopic (exact) mass is 936 g/mol. The Morgan fingerprint density at radius 2 is 1.31 bits per heavy atom. The van der Waals surface area contributed by atoms with Crippen LogP contribution in [0, 0.1) is 0 Å². The molecule has 0 bridgehead atoms. The zero-order chi connectivity index (χ0) is 46.1. The average Bonchev–Trinajstić information content (AvgIpc) is 3.31. The molecule has 354 valence electrons. The lowest BCUT2D eigenvalue weighted by atomic mass is 10.1. The Labute approximate surface area is 393 Å². The number of ether oxygens (including phenoxy) is 1. The van der Waals surface area contributed by atoms with Gasteiger partial charge in [-0.25, -0.2) is 0 Å². The number of nitrogens with zero attached hydrogens (tertiary/aromatic N) is 4. The topological polar surface area (TPSA) is 186 Å². The number of nitrogens with one attached hydrogen (secondary N) is 2. The first-order valence-corrected chi connectivity index (χ1v) is 22.9. The number of methoxy groups -OCH3 is 1. The fourth-order valence-corrected chi connectivity index (χ4v) is 7.38. The highest BCUT2D eigenvalue weighted by Crippen LogP contribution is 2.22. The van der Waals surface area contributed by atoms with Gasteiger partial charge in [0.05, 0.1) is 24.5 Å². The highest BCUT2D eigenvalue weighted by molar-refractivity contribution is 6.40. The van der Waals surface area contributed by atoms with Gasteiger partial charge in [0.1, 0.15) is 24.2 Å². The SMILES string of the molecule is COC(C)CN(CCc1ccccc1)C(=O)CNC(=O)CCNCCc1ccc(O)cc1.ClCCl.O.O=C1CN2C(=O)CCN(CCc3ccc(O)cc3)C2CN1CCc1ccccc1. The van der Waals surface area contributed by atoms with Crippen LogP contribution in [0.15, 0.2) is 109 Å². The number of carbonyl (C=O) groups excluding carboxylic acids is 4. The first-order chi connectivity index (χ1) is 31.0. The average molecular weight is 938 g/mol. The van der Waals surface area contributed by atoms with Gasteiger partial charge in [-0.1, -0.05) is 84.9 Å². The third-order valence-corrected chi connectivity index (χ3v) is 11.1. The summed E-state index contributed by atoms with van der Waals surface area (Å²) in [7, 11) is 1.63. The third-order valence-electron chi connectivity index (χ3n) is 11.1. The number of fused-ring (bicyclic) bond motifs is 1. The number of hydrogen-bond donors (Lipinski definition) is 4. The molecule has 2 unspecified atom stereocenters. The van der Waals surface area contributed by atoms with Gasteiger partial charge in [0, 0.05) is 59.2 Å². The first-order valence-electron chi connectivity index (χ1n) is 21.8. The van der Waals surface area contributed by atoms with E-state index in [1.54, 1.807) is 41.2 Å². The molecule has 16 heteroatoms. The quantitative estimate of drug-likeness (QED) is 0.0726. The van der Waals surface area contributed by atoms with Gasteiger partial charge >= 0.3 is 0 Å². The van der Waals surface area contributed by atoms with E-state index in [2.05, 4.69) is 27.7 Å². The zero-order valence-corrected chi connectivity index (χ0v) is 39.1. The third kappa shape index (κ3) is 19.8. The summed E-state index contributed by atoms with van der Waals surface area (Å²) in [6, 6.07) is 34.5. The predicted molar refractivity (Wildman–Crippen MR) is 256 cm³/mol. The fraction of sp³-hybridized carbons (Fsp3) is 0.429. The number of carbonyl (C=O) groups is 4. The molecular weight excluding hydrogens is 871 g/mol. The molecule has 0 spiro atoms. The number of amides is 4. The van der Waals surface area contributed by atoms with Crippen LogP contribution in [0.5, 0.6) is 11.5 Å². The standard InChI is InChI=1S/C25H35N3O4.C23H27N3O3.CH2Cl2.H2O/c1-20(32-2)19-28(17-14-21-6-4-3-5-7-21)25(31)18-27-24(30)13-16-26-15-12-22-8-10-23(29)11-9-22;27-20-8-6-19(7-9-20)10-13-24-15-12-22(28)26-17-23(29)25(16-21(24)26)14-11-18-4-2-1-3-5-18;2-1-3;/h3-11,20,26,29H,12-19H2,1-2H3,(H,27,30);1-9,21,27H,10-17H2;1H2;1H2. The van der Waals surface area contributed by atoms with Crippen LogP contribution in [0.2, 0.25) is 0 Å². The number of hydrogen-bond acceptors (Lipinski definition) is 9. The lowest BCUT2D eigenvalue weighted by molar-refractivity contribution is -0.161. The van der Waals surface area contributed by atoms with Crippen molar-refractivity contribution >= 4 is 46.8 Å². The molecule has 2 aliphatic heterocycles. The van der Waals surface area contributed by atoms with Crippen LogP contribution in [0.3, 0.4) is 0 Å². The maximum absolute atomic E-state index is 12.7. The smallest absolute Gasteiger partial charge is 0.242 e. The second-order valence-electron chi connectivity index (χ2n) is 15.7. The number of halogens is 2. The number of phenolic OH excluding ortho intramolecular Hbond substituents is 2. The molecule has 2 saturated heterocycles. The van der Waals surface area contributed by atoms with Crippen LogP contribution in [0.25, 0.3) is 0 Å². The molecule has 0 aliphatic carbocycles.